The molecule has 0 unspecified atom stereocenters. The van der Waals surface area contributed by atoms with Gasteiger partial charge in [0.2, 0.25) is 0 Å². The summed E-state index contributed by atoms with van der Waals surface area (Å²) in [4.78, 5) is 12.1. The fourth-order valence-corrected chi connectivity index (χ4v) is 3.50. The molecule has 1 aliphatic carbocycles. The van der Waals surface area contributed by atoms with E-state index in [-0.39, 0.29) is 23.0 Å². The summed E-state index contributed by atoms with van der Waals surface area (Å²) in [6.45, 7) is 5.98. The topological polar surface area (TPSA) is 47.6 Å². The summed E-state index contributed by atoms with van der Waals surface area (Å²) in [5.41, 5.74) is -0.354. The van der Waals surface area contributed by atoms with Crippen molar-refractivity contribution in [1.82, 2.24) is 5.32 Å². The third kappa shape index (κ3) is 2.79. The van der Waals surface area contributed by atoms with E-state index < -0.39 is 0 Å². The Morgan fingerprint density at radius 3 is 2.53 bits per heavy atom. The normalized spacial score (nSPS) is 30.7. The Balaban J connectivity index is 1.97. The third-order valence-corrected chi connectivity index (χ3v) is 4.94. The highest BCUT2D eigenvalue weighted by Crippen LogP contribution is 2.46. The molecule has 2 aliphatic rings. The van der Waals surface area contributed by atoms with Gasteiger partial charge in [-0.05, 0) is 39.0 Å². The first-order valence-corrected chi connectivity index (χ1v) is 7.52. The molecule has 1 heterocycles. The van der Waals surface area contributed by atoms with Crippen LogP contribution in [0.25, 0.3) is 0 Å². The van der Waals surface area contributed by atoms with Gasteiger partial charge in [-0.2, -0.15) is 0 Å². The van der Waals surface area contributed by atoms with Crippen molar-refractivity contribution in [2.75, 3.05) is 20.3 Å². The Bertz CT molecular complexity index is 319. The highest BCUT2D eigenvalue weighted by Gasteiger charge is 2.51. The zero-order valence-electron chi connectivity index (χ0n) is 12.5. The lowest BCUT2D eigenvalue weighted by Gasteiger charge is -2.46. The molecule has 4 nitrogen and oxygen atoms in total. The molecular formula is C15H27NO3. The maximum Gasteiger partial charge on any atom is 0.313 e. The lowest BCUT2D eigenvalue weighted by Crippen LogP contribution is -2.56. The van der Waals surface area contributed by atoms with E-state index in [1.54, 1.807) is 0 Å². The highest BCUT2D eigenvalue weighted by atomic mass is 16.5. The number of carbonyl (C=O) groups is 1. The summed E-state index contributed by atoms with van der Waals surface area (Å²) in [6, 6.07) is 0.203. The van der Waals surface area contributed by atoms with E-state index in [1.807, 2.05) is 0 Å². The van der Waals surface area contributed by atoms with Crippen molar-refractivity contribution < 1.29 is 14.3 Å². The Morgan fingerprint density at radius 2 is 2.11 bits per heavy atom. The lowest BCUT2D eigenvalue weighted by molar-refractivity contribution is -0.161. The first-order chi connectivity index (χ1) is 9.06. The summed E-state index contributed by atoms with van der Waals surface area (Å²) >= 11 is 0. The van der Waals surface area contributed by atoms with Crippen molar-refractivity contribution in [3.8, 4) is 0 Å². The molecule has 4 heteroatoms. The molecule has 0 aromatic heterocycles. The molecule has 2 atom stereocenters. The number of nitrogens with one attached hydrogen (secondary N) is 1. The van der Waals surface area contributed by atoms with Crippen molar-refractivity contribution >= 4 is 5.97 Å². The van der Waals surface area contributed by atoms with E-state index in [1.165, 1.54) is 7.11 Å². The van der Waals surface area contributed by atoms with Crippen LogP contribution in [0, 0.1) is 5.41 Å². The van der Waals surface area contributed by atoms with Crippen LogP contribution in [0.4, 0.5) is 0 Å². The van der Waals surface area contributed by atoms with Crippen LogP contribution in [0.2, 0.25) is 0 Å². The Hall–Kier alpha value is -0.610. The van der Waals surface area contributed by atoms with Crippen LogP contribution in [-0.4, -0.2) is 37.9 Å². The van der Waals surface area contributed by atoms with E-state index in [4.69, 9.17) is 9.47 Å². The van der Waals surface area contributed by atoms with E-state index in [2.05, 4.69) is 19.2 Å². The van der Waals surface area contributed by atoms with E-state index in [0.29, 0.717) is 0 Å². The maximum absolute atomic E-state index is 12.1. The molecule has 1 N–H and O–H groups in total. The first-order valence-electron chi connectivity index (χ1n) is 7.52. The SMILES string of the molecule is CC[C@H](NC[C@]1(C)CCCO1)C1(C(=O)OC)CCC1. The van der Waals surface area contributed by atoms with Gasteiger partial charge < -0.3 is 14.8 Å². The molecule has 1 saturated carbocycles. The minimum absolute atomic E-state index is 0.0457. The zero-order chi connectivity index (χ0) is 13.9. The number of hydrogen-bond acceptors (Lipinski definition) is 4. The Kier molecular flexibility index (Phi) is 4.51. The van der Waals surface area contributed by atoms with Crippen molar-refractivity contribution in [3.63, 3.8) is 0 Å². The van der Waals surface area contributed by atoms with Gasteiger partial charge in [0.1, 0.15) is 0 Å². The fourth-order valence-electron chi connectivity index (χ4n) is 3.50. The summed E-state index contributed by atoms with van der Waals surface area (Å²) in [6.07, 6.45) is 6.20. The summed E-state index contributed by atoms with van der Waals surface area (Å²) < 4.78 is 10.8. The van der Waals surface area contributed by atoms with Crippen LogP contribution in [0.1, 0.15) is 52.4 Å². The molecule has 0 spiro atoms. The van der Waals surface area contributed by atoms with Crippen LogP contribution >= 0.6 is 0 Å². The summed E-state index contributed by atoms with van der Waals surface area (Å²) in [5, 5.41) is 3.58. The minimum Gasteiger partial charge on any atom is -0.469 e. The molecule has 2 rings (SSSR count). The van der Waals surface area contributed by atoms with Crippen LogP contribution in [0.3, 0.4) is 0 Å². The monoisotopic (exact) mass is 269 g/mol. The van der Waals surface area contributed by atoms with E-state index in [9.17, 15) is 4.79 Å². The smallest absolute Gasteiger partial charge is 0.313 e. The lowest BCUT2D eigenvalue weighted by atomic mass is 9.63. The second-order valence-corrected chi connectivity index (χ2v) is 6.24. The van der Waals surface area contributed by atoms with Gasteiger partial charge in [-0.25, -0.2) is 0 Å². The summed E-state index contributed by atoms with van der Waals surface area (Å²) in [7, 11) is 1.50. The van der Waals surface area contributed by atoms with Crippen LogP contribution in [0.15, 0.2) is 0 Å². The number of esters is 1. The quantitative estimate of drug-likeness (QED) is 0.751. The van der Waals surface area contributed by atoms with Crippen LogP contribution < -0.4 is 5.32 Å². The van der Waals surface area contributed by atoms with Crippen LogP contribution in [-0.2, 0) is 14.3 Å². The number of carbonyl (C=O) groups excluding carboxylic acids is 1. The van der Waals surface area contributed by atoms with Crippen molar-refractivity contribution in [1.29, 1.82) is 0 Å². The molecule has 0 radical (unpaired) electrons. The predicted molar refractivity (Wildman–Crippen MR) is 74.0 cm³/mol. The molecule has 0 amide bonds. The molecule has 19 heavy (non-hydrogen) atoms. The molecule has 1 saturated heterocycles. The van der Waals surface area contributed by atoms with Gasteiger partial charge >= 0.3 is 5.97 Å². The Labute approximate surface area is 116 Å². The molecular weight excluding hydrogens is 242 g/mol. The van der Waals surface area contributed by atoms with Crippen molar-refractivity contribution in [2.24, 2.45) is 5.41 Å². The second kappa shape index (κ2) is 5.80. The predicted octanol–water partition coefficient (Wildman–Crippen LogP) is 2.27. The standard InChI is InChI=1S/C15H27NO3/c1-4-12(15(8-5-9-15)13(17)18-3)16-11-14(2)7-6-10-19-14/h12,16H,4-11H2,1-3H3/t12-,14-/m0/s1. The van der Waals surface area contributed by atoms with E-state index in [0.717, 1.165) is 51.7 Å². The van der Waals surface area contributed by atoms with Gasteiger partial charge in [0.15, 0.2) is 0 Å². The number of ether oxygens (including phenoxy) is 2. The van der Waals surface area contributed by atoms with Gasteiger partial charge in [0, 0.05) is 19.2 Å². The number of hydrogen-bond donors (Lipinski definition) is 1. The minimum atomic E-state index is -0.293. The van der Waals surface area contributed by atoms with Crippen molar-refractivity contribution in [2.45, 2.75) is 64.0 Å². The van der Waals surface area contributed by atoms with Crippen molar-refractivity contribution in [3.05, 3.63) is 0 Å². The van der Waals surface area contributed by atoms with Crippen LogP contribution in [0.5, 0.6) is 0 Å². The van der Waals surface area contributed by atoms with Gasteiger partial charge in [-0.15, -0.1) is 0 Å². The first kappa shape index (κ1) is 14.8. The van der Waals surface area contributed by atoms with Gasteiger partial charge in [-0.1, -0.05) is 13.3 Å². The average Bonchev–Trinajstić information content (AvgIpc) is 2.78. The highest BCUT2D eigenvalue weighted by molar-refractivity contribution is 5.78. The van der Waals surface area contributed by atoms with E-state index >= 15 is 0 Å². The number of rotatable bonds is 6. The average molecular weight is 269 g/mol. The molecule has 0 bridgehead atoms. The number of methoxy groups -OCH3 is 1. The largest absolute Gasteiger partial charge is 0.469 e. The molecule has 1 aliphatic heterocycles. The maximum atomic E-state index is 12.1. The fraction of sp³-hybridized carbons (Fsp3) is 0.933. The Morgan fingerprint density at radius 1 is 1.37 bits per heavy atom. The van der Waals surface area contributed by atoms with Gasteiger partial charge in [-0.3, -0.25) is 4.79 Å². The third-order valence-electron chi connectivity index (χ3n) is 4.94. The molecule has 110 valence electrons. The molecule has 2 fully saturated rings. The molecule has 0 aromatic rings. The molecule has 0 aromatic carbocycles. The summed E-state index contributed by atoms with van der Waals surface area (Å²) in [5.74, 6) is -0.0457. The van der Waals surface area contributed by atoms with Gasteiger partial charge in [0.05, 0.1) is 18.1 Å². The zero-order valence-corrected chi connectivity index (χ0v) is 12.5. The van der Waals surface area contributed by atoms with Gasteiger partial charge in [0.25, 0.3) is 0 Å². The second-order valence-electron chi connectivity index (χ2n) is 6.24.